The van der Waals surface area contributed by atoms with Gasteiger partial charge in [-0.3, -0.25) is 24.6 Å². The van der Waals surface area contributed by atoms with Crippen molar-refractivity contribution in [3.8, 4) is 5.75 Å². The third-order valence-electron chi connectivity index (χ3n) is 7.62. The molecule has 1 aliphatic carbocycles. The summed E-state index contributed by atoms with van der Waals surface area (Å²) in [5.74, 6) is -0.706. The number of ketones is 1. The average molecular weight is 811 g/mol. The Morgan fingerprint density at radius 2 is 1.82 bits per heavy atom. The molecule has 1 amide bonds. The SMILES string of the molecule is CCOC1NC(c2ccc(CS(=O)(=O)NC(=O)Cc3cc(I)ccc3OC)cc2C)C2=C1c1ncc(Br)cc1C(OCC)C2=O. The first-order valence-electron chi connectivity index (χ1n) is 14.3. The maximum absolute atomic E-state index is 14.0. The molecule has 0 saturated heterocycles. The number of rotatable bonds is 11. The molecule has 0 spiro atoms. The average Bonchev–Trinajstić information content (AvgIpc) is 3.34. The monoisotopic (exact) mass is 809 g/mol. The summed E-state index contributed by atoms with van der Waals surface area (Å²) in [4.78, 5) is 31.4. The van der Waals surface area contributed by atoms with Crippen LogP contribution in [0.1, 0.15) is 59.5 Å². The number of sulfonamides is 1. The van der Waals surface area contributed by atoms with Gasteiger partial charge < -0.3 is 14.2 Å². The van der Waals surface area contributed by atoms with E-state index in [1.165, 1.54) is 7.11 Å². The molecule has 45 heavy (non-hydrogen) atoms. The van der Waals surface area contributed by atoms with Gasteiger partial charge in [-0.15, -0.1) is 0 Å². The van der Waals surface area contributed by atoms with Crippen molar-refractivity contribution in [2.45, 2.75) is 51.3 Å². The largest absolute Gasteiger partial charge is 0.496 e. The number of ether oxygens (including phenoxy) is 3. The predicted molar refractivity (Wildman–Crippen MR) is 181 cm³/mol. The van der Waals surface area contributed by atoms with Gasteiger partial charge in [-0.1, -0.05) is 18.2 Å². The Morgan fingerprint density at radius 3 is 2.51 bits per heavy atom. The molecule has 3 atom stereocenters. The van der Waals surface area contributed by atoms with Crippen LogP contribution in [0.15, 0.2) is 58.7 Å². The fraction of sp³-hybridized carbons (Fsp3) is 0.344. The second-order valence-electron chi connectivity index (χ2n) is 10.7. The van der Waals surface area contributed by atoms with E-state index in [0.717, 1.165) is 19.2 Å². The van der Waals surface area contributed by atoms with Crippen LogP contribution in [0.4, 0.5) is 0 Å². The van der Waals surface area contributed by atoms with Crippen molar-refractivity contribution >= 4 is 65.8 Å². The summed E-state index contributed by atoms with van der Waals surface area (Å²) >= 11 is 5.59. The Hall–Kier alpha value is -2.69. The molecule has 2 aliphatic rings. The lowest BCUT2D eigenvalue weighted by molar-refractivity contribution is -0.127. The Morgan fingerprint density at radius 1 is 1.07 bits per heavy atom. The molecule has 3 aromatic rings. The smallest absolute Gasteiger partial charge is 0.239 e. The van der Waals surface area contributed by atoms with E-state index in [9.17, 15) is 18.0 Å². The van der Waals surface area contributed by atoms with Crippen LogP contribution in [-0.4, -0.2) is 51.6 Å². The van der Waals surface area contributed by atoms with Crippen molar-refractivity contribution in [3.63, 3.8) is 0 Å². The van der Waals surface area contributed by atoms with E-state index in [1.807, 2.05) is 39.0 Å². The third-order valence-corrected chi connectivity index (χ3v) is 9.97. The van der Waals surface area contributed by atoms with Gasteiger partial charge in [0.15, 0.2) is 5.78 Å². The Kier molecular flexibility index (Phi) is 10.5. The van der Waals surface area contributed by atoms with E-state index in [0.29, 0.717) is 52.5 Å². The normalized spacial score (nSPS) is 19.3. The maximum Gasteiger partial charge on any atom is 0.239 e. The highest BCUT2D eigenvalue weighted by molar-refractivity contribution is 14.1. The molecule has 5 rings (SSSR count). The Labute approximate surface area is 284 Å². The standard InChI is InChI=1S/C32H33BrIN3O7S/c1-5-43-31-23-14-20(33)15-35-28(23)27-26(30(31)39)29(36-32(27)44-6-2)22-9-7-18(11-17(22)3)16-45(40,41)37-25(38)13-19-12-21(34)8-10-24(19)42-4/h7-12,14-15,29,31-32,36H,5-6,13,16H2,1-4H3,(H,37,38). The zero-order valence-electron chi connectivity index (χ0n) is 25.1. The molecule has 238 valence electrons. The fourth-order valence-corrected chi connectivity index (χ4v) is 7.87. The zero-order valence-corrected chi connectivity index (χ0v) is 29.7. The molecule has 10 nitrogen and oxygen atoms in total. The summed E-state index contributed by atoms with van der Waals surface area (Å²) in [7, 11) is -2.50. The number of Topliss-reactive ketones (excluding diaryl/α,β-unsaturated/α-hetero) is 1. The molecule has 1 aromatic heterocycles. The summed E-state index contributed by atoms with van der Waals surface area (Å²) in [6.07, 6.45) is 0.157. The number of hydrogen-bond donors (Lipinski definition) is 2. The molecule has 0 saturated carbocycles. The Bertz CT molecular complexity index is 1800. The lowest BCUT2D eigenvalue weighted by atomic mass is 9.82. The van der Waals surface area contributed by atoms with Gasteiger partial charge in [0, 0.05) is 49.7 Å². The van der Waals surface area contributed by atoms with E-state index in [2.05, 4.69) is 53.5 Å². The Balaban J connectivity index is 1.40. The highest BCUT2D eigenvalue weighted by Gasteiger charge is 2.47. The molecular weight excluding hydrogens is 777 g/mol. The van der Waals surface area contributed by atoms with Crippen molar-refractivity contribution in [2.24, 2.45) is 0 Å². The van der Waals surface area contributed by atoms with Crippen LogP contribution in [0.25, 0.3) is 5.57 Å². The van der Waals surface area contributed by atoms with Crippen molar-refractivity contribution < 1.29 is 32.2 Å². The number of methoxy groups -OCH3 is 1. The number of benzene rings is 2. The highest BCUT2D eigenvalue weighted by atomic mass is 127. The van der Waals surface area contributed by atoms with Crippen LogP contribution in [0.2, 0.25) is 0 Å². The predicted octanol–water partition coefficient (Wildman–Crippen LogP) is 5.08. The van der Waals surface area contributed by atoms with Gasteiger partial charge in [-0.25, -0.2) is 8.42 Å². The van der Waals surface area contributed by atoms with Crippen molar-refractivity contribution in [1.82, 2.24) is 15.0 Å². The van der Waals surface area contributed by atoms with Crippen LogP contribution in [0.5, 0.6) is 5.75 Å². The van der Waals surface area contributed by atoms with Gasteiger partial charge in [-0.2, -0.15) is 0 Å². The summed E-state index contributed by atoms with van der Waals surface area (Å²) in [6, 6.07) is 12.0. The lowest BCUT2D eigenvalue weighted by Crippen LogP contribution is -2.33. The molecule has 0 fully saturated rings. The van der Waals surface area contributed by atoms with Gasteiger partial charge in [0.1, 0.15) is 18.1 Å². The highest BCUT2D eigenvalue weighted by Crippen LogP contribution is 2.47. The number of pyridine rings is 1. The molecule has 1 aliphatic heterocycles. The molecule has 0 radical (unpaired) electrons. The van der Waals surface area contributed by atoms with Gasteiger partial charge in [-0.05, 0) is 100 Å². The van der Waals surface area contributed by atoms with Gasteiger partial charge in [0.25, 0.3) is 0 Å². The van der Waals surface area contributed by atoms with Crippen molar-refractivity contribution in [2.75, 3.05) is 20.3 Å². The van der Waals surface area contributed by atoms with E-state index < -0.39 is 40.1 Å². The van der Waals surface area contributed by atoms with Crippen molar-refractivity contribution in [3.05, 3.63) is 95.8 Å². The van der Waals surface area contributed by atoms with Crippen molar-refractivity contribution in [1.29, 1.82) is 0 Å². The van der Waals surface area contributed by atoms with Gasteiger partial charge >= 0.3 is 0 Å². The molecule has 0 bridgehead atoms. The minimum atomic E-state index is -4.00. The number of aromatic nitrogens is 1. The van der Waals surface area contributed by atoms with Crippen LogP contribution in [0.3, 0.4) is 0 Å². The summed E-state index contributed by atoms with van der Waals surface area (Å²) in [5, 5.41) is 3.46. The van der Waals surface area contributed by atoms with Crippen LogP contribution in [-0.2, 0) is 41.3 Å². The molecular formula is C32H33BrIN3O7S. The fourth-order valence-electron chi connectivity index (χ4n) is 5.85. The number of carbonyl (C=O) groups is 2. The maximum atomic E-state index is 14.0. The first kappa shape index (κ1) is 33.7. The van der Waals surface area contributed by atoms with Gasteiger partial charge in [0.05, 0.1) is 31.0 Å². The van der Waals surface area contributed by atoms with E-state index in [-0.39, 0.29) is 12.2 Å². The first-order valence-corrected chi connectivity index (χ1v) is 17.9. The topological polar surface area (TPSA) is 133 Å². The number of nitrogens with one attached hydrogen (secondary N) is 2. The zero-order chi connectivity index (χ0) is 32.5. The summed E-state index contributed by atoms with van der Waals surface area (Å²) in [5.41, 5.74) is 5.20. The first-order chi connectivity index (χ1) is 21.5. The number of nitrogens with zero attached hydrogens (tertiary/aromatic N) is 1. The van der Waals surface area contributed by atoms with Gasteiger partial charge in [0.2, 0.25) is 15.9 Å². The summed E-state index contributed by atoms with van der Waals surface area (Å²) < 4.78 is 47.1. The van der Waals surface area contributed by atoms with Crippen LogP contribution >= 0.6 is 38.5 Å². The third kappa shape index (κ3) is 7.18. The number of aryl methyl sites for hydroxylation is 1. The number of halogens is 2. The molecule has 2 heterocycles. The number of hydrogen-bond acceptors (Lipinski definition) is 9. The number of amides is 1. The summed E-state index contributed by atoms with van der Waals surface area (Å²) in [6.45, 7) is 6.34. The number of fused-ring (bicyclic) bond motifs is 2. The molecule has 2 N–H and O–H groups in total. The quantitative estimate of drug-likeness (QED) is 0.255. The lowest BCUT2D eigenvalue weighted by Gasteiger charge is -2.27. The number of carbonyl (C=O) groups excluding carboxylic acids is 2. The molecule has 3 unspecified atom stereocenters. The molecule has 2 aromatic carbocycles. The second-order valence-corrected chi connectivity index (χ2v) is 14.5. The van der Waals surface area contributed by atoms with Crippen LogP contribution in [0, 0.1) is 10.5 Å². The molecule has 13 heteroatoms. The minimum absolute atomic E-state index is 0.144. The minimum Gasteiger partial charge on any atom is -0.496 e. The van der Waals surface area contributed by atoms with E-state index >= 15 is 0 Å². The van der Waals surface area contributed by atoms with E-state index in [1.54, 1.807) is 30.5 Å². The van der Waals surface area contributed by atoms with Crippen LogP contribution < -0.4 is 14.8 Å². The van der Waals surface area contributed by atoms with E-state index in [4.69, 9.17) is 14.2 Å². The second kappa shape index (κ2) is 14.0.